The highest BCUT2D eigenvalue weighted by molar-refractivity contribution is 5.80. The molecule has 0 unspecified atom stereocenters. The maximum absolute atomic E-state index is 14.1. The van der Waals surface area contributed by atoms with E-state index in [-0.39, 0.29) is 32.0 Å². The molecular formula is C39H49N3O9. The van der Waals surface area contributed by atoms with Crippen LogP contribution in [0.1, 0.15) is 34.7 Å². The molecule has 3 aliphatic rings. The van der Waals surface area contributed by atoms with Gasteiger partial charge in [-0.05, 0) is 53.6 Å². The highest BCUT2D eigenvalue weighted by Crippen LogP contribution is 2.32. The van der Waals surface area contributed by atoms with Crippen molar-refractivity contribution in [3.05, 3.63) is 101 Å². The van der Waals surface area contributed by atoms with Crippen molar-refractivity contribution in [3.63, 3.8) is 0 Å². The summed E-state index contributed by atoms with van der Waals surface area (Å²) in [7, 11) is 0. The van der Waals surface area contributed by atoms with Crippen LogP contribution >= 0.6 is 0 Å². The van der Waals surface area contributed by atoms with E-state index in [9.17, 15) is 24.9 Å². The van der Waals surface area contributed by atoms with Gasteiger partial charge in [0, 0.05) is 32.0 Å². The number of hydrogen-bond donors (Lipinski definition) is 5. The number of alkyl carbamates (subject to hydrolysis) is 1. The Labute approximate surface area is 298 Å². The largest absolute Gasteiger partial charge is 0.492 e. The minimum absolute atomic E-state index is 0.0149. The molecule has 0 saturated carbocycles. The molecule has 51 heavy (non-hydrogen) atoms. The molecule has 6 rings (SSSR count). The number of morpholine rings is 1. The molecule has 12 heteroatoms. The topological polar surface area (TPSA) is 159 Å². The van der Waals surface area contributed by atoms with Gasteiger partial charge in [0.15, 0.2) is 6.10 Å². The maximum Gasteiger partial charge on any atom is 0.407 e. The molecule has 2 heterocycles. The first-order valence-corrected chi connectivity index (χ1v) is 17.9. The number of carbonyl (C=O) groups is 2. The van der Waals surface area contributed by atoms with E-state index in [2.05, 4.69) is 15.5 Å². The standard InChI is InChI=1S/C39H49N3O9/c43-33(32(21-26-6-2-1-3-7-26)40-39(47)51-36-25-49-24-35(36)45)23-29(38(46)41-37-31-9-5-4-8-28(31)22-34(37)44)20-27-10-12-30(13-11-27)50-19-16-42-14-17-48-18-15-42/h1-13,29,32-37,43-45H,14-25H2,(H,40,47)(H,41,46)/t29-,32+,33+,34-,35+,36-,37+/m1/s1. The highest BCUT2D eigenvalue weighted by atomic mass is 16.6. The molecule has 0 spiro atoms. The summed E-state index contributed by atoms with van der Waals surface area (Å²) in [6.45, 7) is 4.76. The second-order valence-electron chi connectivity index (χ2n) is 13.6. The van der Waals surface area contributed by atoms with E-state index in [1.165, 1.54) is 0 Å². The molecule has 5 N–H and O–H groups in total. The van der Waals surface area contributed by atoms with E-state index in [1.807, 2.05) is 78.9 Å². The summed E-state index contributed by atoms with van der Waals surface area (Å²) in [4.78, 5) is 29.4. The van der Waals surface area contributed by atoms with Gasteiger partial charge in [0.05, 0.1) is 50.7 Å². The number of benzene rings is 3. The third-order valence-corrected chi connectivity index (χ3v) is 9.91. The summed E-state index contributed by atoms with van der Waals surface area (Å²) >= 11 is 0. The van der Waals surface area contributed by atoms with Gasteiger partial charge in [-0.1, -0.05) is 66.7 Å². The Bertz CT molecular complexity index is 1550. The number of amides is 2. The second-order valence-corrected chi connectivity index (χ2v) is 13.6. The van der Waals surface area contributed by atoms with Crippen LogP contribution in [0.15, 0.2) is 78.9 Å². The number of nitrogens with zero attached hydrogens (tertiary/aromatic N) is 1. The van der Waals surface area contributed by atoms with Gasteiger partial charge in [-0.25, -0.2) is 4.79 Å². The summed E-state index contributed by atoms with van der Waals surface area (Å²) in [6, 6.07) is 23.3. The Morgan fingerprint density at radius 1 is 0.863 bits per heavy atom. The lowest BCUT2D eigenvalue weighted by Gasteiger charge is -2.29. The van der Waals surface area contributed by atoms with E-state index in [0.717, 1.165) is 60.9 Å². The number of aliphatic hydroxyl groups excluding tert-OH is 3. The van der Waals surface area contributed by atoms with E-state index < -0.39 is 48.5 Å². The summed E-state index contributed by atoms with van der Waals surface area (Å²) < 4.78 is 22.0. The van der Waals surface area contributed by atoms with Gasteiger partial charge in [-0.15, -0.1) is 0 Å². The van der Waals surface area contributed by atoms with Crippen LogP contribution < -0.4 is 15.4 Å². The zero-order valence-electron chi connectivity index (χ0n) is 28.8. The van der Waals surface area contributed by atoms with Crippen molar-refractivity contribution in [1.82, 2.24) is 15.5 Å². The van der Waals surface area contributed by atoms with Crippen LogP contribution in [0.25, 0.3) is 0 Å². The van der Waals surface area contributed by atoms with Gasteiger partial charge in [0.2, 0.25) is 5.91 Å². The van der Waals surface area contributed by atoms with Crippen molar-refractivity contribution in [3.8, 4) is 5.75 Å². The third-order valence-electron chi connectivity index (χ3n) is 9.91. The van der Waals surface area contributed by atoms with Crippen LogP contribution in [0, 0.1) is 5.92 Å². The predicted octanol–water partition coefficient (Wildman–Crippen LogP) is 2.18. The average molecular weight is 704 g/mol. The molecule has 0 bridgehead atoms. The Hall–Kier alpha value is -4.04. The van der Waals surface area contributed by atoms with Crippen molar-refractivity contribution in [2.24, 2.45) is 5.92 Å². The van der Waals surface area contributed by atoms with Gasteiger partial charge in [-0.2, -0.15) is 0 Å². The predicted molar refractivity (Wildman–Crippen MR) is 188 cm³/mol. The number of ether oxygens (including phenoxy) is 4. The number of fused-ring (bicyclic) bond motifs is 1. The fraction of sp³-hybridized carbons (Fsp3) is 0.487. The molecule has 0 radical (unpaired) electrons. The Balaban J connectivity index is 1.16. The number of nitrogens with one attached hydrogen (secondary N) is 2. The van der Waals surface area contributed by atoms with Crippen LogP contribution in [-0.4, -0.2) is 115 Å². The molecule has 2 amide bonds. The molecule has 2 saturated heterocycles. The zero-order chi connectivity index (χ0) is 35.6. The lowest BCUT2D eigenvalue weighted by molar-refractivity contribution is -0.127. The number of carbonyl (C=O) groups excluding carboxylic acids is 2. The lowest BCUT2D eigenvalue weighted by Crippen LogP contribution is -2.48. The quantitative estimate of drug-likeness (QED) is 0.159. The SMILES string of the molecule is O=C(N[C@@H](Cc1ccccc1)[C@@H](O)C[C@@H](Cc1ccc(OCCN2CCOCC2)cc1)C(=O)N[C@H]1c2ccccc2C[C@H]1O)O[C@@H]1COC[C@@H]1O. The van der Waals surface area contributed by atoms with E-state index in [1.54, 1.807) is 0 Å². The molecule has 12 nitrogen and oxygen atoms in total. The number of hydrogen-bond acceptors (Lipinski definition) is 10. The number of rotatable bonds is 15. The van der Waals surface area contributed by atoms with Crippen LogP contribution in [0.3, 0.4) is 0 Å². The smallest absolute Gasteiger partial charge is 0.407 e. The minimum atomic E-state index is -1.15. The molecule has 0 aromatic heterocycles. The van der Waals surface area contributed by atoms with Crippen LogP contribution in [-0.2, 0) is 38.3 Å². The van der Waals surface area contributed by atoms with Gasteiger partial charge >= 0.3 is 6.09 Å². The van der Waals surface area contributed by atoms with Crippen molar-refractivity contribution < 1.29 is 43.9 Å². The molecule has 274 valence electrons. The molecule has 2 aliphatic heterocycles. The normalized spacial score (nSPS) is 23.5. The van der Waals surface area contributed by atoms with Crippen molar-refractivity contribution in [2.75, 3.05) is 52.7 Å². The second kappa shape index (κ2) is 17.9. The minimum Gasteiger partial charge on any atom is -0.492 e. The Morgan fingerprint density at radius 2 is 1.59 bits per heavy atom. The first-order chi connectivity index (χ1) is 24.8. The van der Waals surface area contributed by atoms with E-state index in [0.29, 0.717) is 19.4 Å². The van der Waals surface area contributed by atoms with Crippen LogP contribution in [0.4, 0.5) is 4.79 Å². The summed E-state index contributed by atoms with van der Waals surface area (Å²) in [5.41, 5.74) is 3.61. The monoisotopic (exact) mass is 703 g/mol. The lowest BCUT2D eigenvalue weighted by atomic mass is 9.88. The molecule has 1 aliphatic carbocycles. The summed E-state index contributed by atoms with van der Waals surface area (Å²) in [5.74, 6) is -0.302. The fourth-order valence-corrected chi connectivity index (χ4v) is 6.99. The molecule has 7 atom stereocenters. The molecule has 3 aromatic carbocycles. The van der Waals surface area contributed by atoms with Crippen molar-refractivity contribution in [2.45, 2.75) is 62.2 Å². The van der Waals surface area contributed by atoms with E-state index >= 15 is 0 Å². The van der Waals surface area contributed by atoms with Gasteiger partial charge in [-0.3, -0.25) is 9.69 Å². The van der Waals surface area contributed by atoms with E-state index in [4.69, 9.17) is 18.9 Å². The van der Waals surface area contributed by atoms with Gasteiger partial charge in [0.1, 0.15) is 18.5 Å². The summed E-state index contributed by atoms with van der Waals surface area (Å²) in [6.07, 6.45) is -3.43. The van der Waals surface area contributed by atoms with Gasteiger partial charge in [0.25, 0.3) is 0 Å². The van der Waals surface area contributed by atoms with Gasteiger partial charge < -0.3 is 44.9 Å². The fourth-order valence-electron chi connectivity index (χ4n) is 6.99. The maximum atomic E-state index is 14.1. The van der Waals surface area contributed by atoms with Crippen LogP contribution in [0.2, 0.25) is 0 Å². The first kappa shape index (κ1) is 36.7. The molecule has 3 aromatic rings. The summed E-state index contributed by atoms with van der Waals surface area (Å²) in [5, 5.41) is 38.6. The highest BCUT2D eigenvalue weighted by Gasteiger charge is 2.36. The van der Waals surface area contributed by atoms with Crippen LogP contribution in [0.5, 0.6) is 5.75 Å². The first-order valence-electron chi connectivity index (χ1n) is 17.9. The zero-order valence-corrected chi connectivity index (χ0v) is 28.8. The van der Waals surface area contributed by atoms with Crippen molar-refractivity contribution >= 4 is 12.0 Å². The third kappa shape index (κ3) is 10.3. The average Bonchev–Trinajstić information content (AvgIpc) is 3.69. The molecule has 2 fully saturated rings. The Kier molecular flexibility index (Phi) is 12.9. The Morgan fingerprint density at radius 3 is 2.33 bits per heavy atom. The number of aliphatic hydroxyl groups is 3. The molecular weight excluding hydrogens is 654 g/mol. The van der Waals surface area contributed by atoms with Crippen molar-refractivity contribution in [1.29, 1.82) is 0 Å².